The highest BCUT2D eigenvalue weighted by atomic mass is 16.2. The Balaban J connectivity index is 1.46. The number of urea groups is 2. The molecule has 0 aromatic heterocycles. The molecule has 1 atom stereocenters. The van der Waals surface area contributed by atoms with Crippen molar-refractivity contribution in [2.75, 3.05) is 6.54 Å². The molecule has 156 valence electrons. The van der Waals surface area contributed by atoms with Gasteiger partial charge in [-0.25, -0.2) is 9.59 Å². The van der Waals surface area contributed by atoms with E-state index >= 15 is 0 Å². The molecule has 29 heavy (non-hydrogen) atoms. The van der Waals surface area contributed by atoms with Gasteiger partial charge in [0, 0.05) is 19.0 Å². The number of hydrogen-bond acceptors (Lipinski definition) is 4. The van der Waals surface area contributed by atoms with Crippen molar-refractivity contribution in [2.24, 2.45) is 0 Å². The molecule has 1 aliphatic carbocycles. The normalized spacial score (nSPS) is 22.2. The summed E-state index contributed by atoms with van der Waals surface area (Å²) in [4.78, 5) is 49.0. The molecular formula is C20H27N5O4. The summed E-state index contributed by atoms with van der Waals surface area (Å²) in [6.45, 7) is 1.69. The van der Waals surface area contributed by atoms with Crippen molar-refractivity contribution < 1.29 is 19.2 Å². The number of carbonyl (C=O) groups excluding carboxylic acids is 4. The van der Waals surface area contributed by atoms with Crippen LogP contribution in [0.15, 0.2) is 30.3 Å². The predicted octanol–water partition coefficient (Wildman–Crippen LogP) is 1.51. The van der Waals surface area contributed by atoms with Crippen LogP contribution >= 0.6 is 0 Å². The second-order valence-corrected chi connectivity index (χ2v) is 7.58. The lowest BCUT2D eigenvalue weighted by Gasteiger charge is -2.23. The minimum atomic E-state index is -1.25. The highest BCUT2D eigenvalue weighted by molar-refractivity contribution is 6.08. The monoisotopic (exact) mass is 401 g/mol. The first kappa shape index (κ1) is 20.6. The average molecular weight is 401 g/mol. The standard InChI is InChI=1S/C20H27N5O4/c1-20(14-8-4-2-5-9-14)17(27)25(19(29)23-20)24-16(26)12-13-21-18(28)22-15-10-6-3-7-11-15/h2,4-5,8-9,15H,3,6-7,10-13H2,1H3,(H,23,29)(H,24,26)(H2,21,22,28)/t20-/m0/s1. The number of rotatable bonds is 6. The molecule has 1 saturated carbocycles. The first-order chi connectivity index (χ1) is 13.9. The number of benzene rings is 1. The lowest BCUT2D eigenvalue weighted by atomic mass is 9.92. The number of hydrogen-bond donors (Lipinski definition) is 4. The summed E-state index contributed by atoms with van der Waals surface area (Å²) >= 11 is 0. The van der Waals surface area contributed by atoms with Crippen LogP contribution in [0.25, 0.3) is 0 Å². The summed E-state index contributed by atoms with van der Waals surface area (Å²) in [6, 6.07) is 7.99. The molecular weight excluding hydrogens is 374 g/mol. The maximum Gasteiger partial charge on any atom is 0.344 e. The van der Waals surface area contributed by atoms with Crippen LogP contribution in [0.5, 0.6) is 0 Å². The fraction of sp³-hybridized carbons (Fsp3) is 0.500. The Labute approximate surface area is 169 Å². The highest BCUT2D eigenvalue weighted by Gasteiger charge is 2.49. The Hall–Kier alpha value is -3.10. The lowest BCUT2D eigenvalue weighted by Crippen LogP contribution is -2.49. The summed E-state index contributed by atoms with van der Waals surface area (Å²) in [5, 5.41) is 8.84. The van der Waals surface area contributed by atoms with Crippen LogP contribution in [0.3, 0.4) is 0 Å². The Morgan fingerprint density at radius 1 is 1.14 bits per heavy atom. The highest BCUT2D eigenvalue weighted by Crippen LogP contribution is 2.27. The van der Waals surface area contributed by atoms with Crippen LogP contribution in [-0.2, 0) is 15.1 Å². The molecule has 4 N–H and O–H groups in total. The van der Waals surface area contributed by atoms with Crippen LogP contribution < -0.4 is 21.4 Å². The minimum Gasteiger partial charge on any atom is -0.338 e. The molecule has 0 unspecified atom stereocenters. The van der Waals surface area contributed by atoms with Crippen molar-refractivity contribution in [1.29, 1.82) is 0 Å². The molecule has 0 radical (unpaired) electrons. The maximum atomic E-state index is 12.7. The molecule has 9 nitrogen and oxygen atoms in total. The minimum absolute atomic E-state index is 0.0583. The van der Waals surface area contributed by atoms with Gasteiger partial charge in [0.1, 0.15) is 5.54 Å². The van der Waals surface area contributed by atoms with E-state index in [-0.39, 0.29) is 25.0 Å². The van der Waals surface area contributed by atoms with Gasteiger partial charge in [-0.3, -0.25) is 15.0 Å². The maximum absolute atomic E-state index is 12.7. The first-order valence-corrected chi connectivity index (χ1v) is 9.96. The van der Waals surface area contributed by atoms with Crippen LogP contribution in [0.1, 0.15) is 51.0 Å². The summed E-state index contributed by atoms with van der Waals surface area (Å²) in [5.41, 5.74) is 1.69. The Morgan fingerprint density at radius 3 is 2.52 bits per heavy atom. The number of carbonyl (C=O) groups is 4. The van der Waals surface area contributed by atoms with E-state index in [0.717, 1.165) is 25.7 Å². The van der Waals surface area contributed by atoms with Gasteiger partial charge in [-0.1, -0.05) is 49.6 Å². The van der Waals surface area contributed by atoms with E-state index in [1.807, 2.05) is 6.07 Å². The van der Waals surface area contributed by atoms with E-state index in [0.29, 0.717) is 10.6 Å². The van der Waals surface area contributed by atoms with Gasteiger partial charge in [0.2, 0.25) is 5.91 Å². The van der Waals surface area contributed by atoms with Gasteiger partial charge in [-0.15, -0.1) is 0 Å². The molecule has 0 spiro atoms. The van der Waals surface area contributed by atoms with Crippen LogP contribution in [0, 0.1) is 0 Å². The van der Waals surface area contributed by atoms with Gasteiger partial charge in [0.15, 0.2) is 0 Å². The summed E-state index contributed by atoms with van der Waals surface area (Å²) in [5.74, 6) is -1.10. The molecule has 9 heteroatoms. The number of imide groups is 1. The predicted molar refractivity (Wildman–Crippen MR) is 105 cm³/mol. The fourth-order valence-corrected chi connectivity index (χ4v) is 3.66. The molecule has 1 aliphatic heterocycles. The summed E-state index contributed by atoms with van der Waals surface area (Å²) in [6.07, 6.45) is 5.31. The molecule has 1 aromatic carbocycles. The summed E-state index contributed by atoms with van der Waals surface area (Å²) < 4.78 is 0. The zero-order chi connectivity index (χ0) is 20.9. The molecule has 2 fully saturated rings. The largest absolute Gasteiger partial charge is 0.344 e. The topological polar surface area (TPSA) is 120 Å². The number of nitrogens with one attached hydrogen (secondary N) is 4. The smallest absolute Gasteiger partial charge is 0.338 e. The SMILES string of the molecule is C[C@@]1(c2ccccc2)NC(=O)N(NC(=O)CCNC(=O)NC2CCCCC2)C1=O. The molecule has 1 aromatic rings. The van der Waals surface area contributed by atoms with Crippen molar-refractivity contribution in [3.8, 4) is 0 Å². The molecule has 1 saturated heterocycles. The molecule has 2 aliphatic rings. The third-order valence-corrected chi connectivity index (χ3v) is 5.36. The molecule has 6 amide bonds. The third kappa shape index (κ3) is 4.85. The summed E-state index contributed by atoms with van der Waals surface area (Å²) in [7, 11) is 0. The molecule has 1 heterocycles. The van der Waals surface area contributed by atoms with Crippen LogP contribution in [0.2, 0.25) is 0 Å². The van der Waals surface area contributed by atoms with Gasteiger partial charge in [-0.05, 0) is 25.3 Å². The van der Waals surface area contributed by atoms with Gasteiger partial charge in [0.05, 0.1) is 0 Å². The van der Waals surface area contributed by atoms with Gasteiger partial charge in [-0.2, -0.15) is 5.01 Å². The van der Waals surface area contributed by atoms with E-state index < -0.39 is 23.4 Å². The molecule has 3 rings (SSSR count). The van der Waals surface area contributed by atoms with E-state index in [9.17, 15) is 19.2 Å². The zero-order valence-corrected chi connectivity index (χ0v) is 16.5. The van der Waals surface area contributed by atoms with Crippen molar-refractivity contribution in [3.05, 3.63) is 35.9 Å². The number of amides is 6. The Kier molecular flexibility index (Phi) is 6.36. The van der Waals surface area contributed by atoms with Crippen molar-refractivity contribution in [2.45, 2.75) is 57.0 Å². The van der Waals surface area contributed by atoms with E-state index in [4.69, 9.17) is 0 Å². The fourth-order valence-electron chi connectivity index (χ4n) is 3.66. The van der Waals surface area contributed by atoms with Crippen LogP contribution in [0.4, 0.5) is 9.59 Å². The third-order valence-electron chi connectivity index (χ3n) is 5.36. The lowest BCUT2D eigenvalue weighted by molar-refractivity contribution is -0.138. The molecule has 0 bridgehead atoms. The zero-order valence-electron chi connectivity index (χ0n) is 16.5. The van der Waals surface area contributed by atoms with E-state index in [2.05, 4.69) is 21.4 Å². The van der Waals surface area contributed by atoms with Crippen molar-refractivity contribution in [3.63, 3.8) is 0 Å². The number of hydrazine groups is 1. The van der Waals surface area contributed by atoms with Crippen LogP contribution in [-0.4, -0.2) is 41.5 Å². The van der Waals surface area contributed by atoms with E-state index in [1.54, 1.807) is 31.2 Å². The Morgan fingerprint density at radius 2 is 1.83 bits per heavy atom. The number of nitrogens with zero attached hydrogens (tertiary/aromatic N) is 1. The van der Waals surface area contributed by atoms with Gasteiger partial charge < -0.3 is 16.0 Å². The van der Waals surface area contributed by atoms with Gasteiger partial charge in [0.25, 0.3) is 5.91 Å². The first-order valence-electron chi connectivity index (χ1n) is 9.96. The second-order valence-electron chi connectivity index (χ2n) is 7.58. The van der Waals surface area contributed by atoms with Gasteiger partial charge >= 0.3 is 12.1 Å². The Bertz CT molecular complexity index is 778. The average Bonchev–Trinajstić information content (AvgIpc) is 2.93. The van der Waals surface area contributed by atoms with E-state index in [1.165, 1.54) is 6.42 Å². The second kappa shape index (κ2) is 8.93. The quantitative estimate of drug-likeness (QED) is 0.540. The van der Waals surface area contributed by atoms with Crippen molar-refractivity contribution >= 4 is 23.9 Å². The van der Waals surface area contributed by atoms with Crippen molar-refractivity contribution in [1.82, 2.24) is 26.4 Å².